The molecule has 3 aromatic rings. The van der Waals surface area contributed by atoms with Crippen molar-refractivity contribution in [3.63, 3.8) is 0 Å². The highest BCUT2D eigenvalue weighted by Gasteiger charge is 2.11. The quantitative estimate of drug-likeness (QED) is 0.591. The Bertz CT molecular complexity index is 846. The lowest BCUT2D eigenvalue weighted by molar-refractivity contribution is 0.630. The summed E-state index contributed by atoms with van der Waals surface area (Å²) in [6, 6.07) is 6.02. The molecule has 0 atom stereocenters. The SMILES string of the molecule is O=c1[nH]c(=O)c2[nH]c(-c3ccccc3F)nc2[nH]1. The van der Waals surface area contributed by atoms with Crippen LogP contribution in [0.1, 0.15) is 0 Å². The van der Waals surface area contributed by atoms with Gasteiger partial charge in [-0.2, -0.15) is 0 Å². The van der Waals surface area contributed by atoms with Crippen LogP contribution in [0.15, 0.2) is 33.9 Å². The molecule has 2 aromatic heterocycles. The first-order chi connectivity index (χ1) is 8.65. The average Bonchev–Trinajstić information content (AvgIpc) is 2.73. The standard InChI is InChI=1S/C11H7FN4O2/c12-6-4-2-1-3-5(6)8-13-7-9(14-8)15-11(18)16-10(7)17/h1-4H,(H3,13,14,15,16,17,18). The average molecular weight is 246 g/mol. The van der Waals surface area contributed by atoms with Crippen LogP contribution in [0.2, 0.25) is 0 Å². The van der Waals surface area contributed by atoms with Crippen molar-refractivity contribution in [3.05, 3.63) is 50.9 Å². The maximum absolute atomic E-state index is 13.6. The van der Waals surface area contributed by atoms with Crippen molar-refractivity contribution in [1.82, 2.24) is 19.9 Å². The molecule has 0 unspecified atom stereocenters. The minimum atomic E-state index is -0.654. The fraction of sp³-hybridized carbons (Fsp3) is 0. The van der Waals surface area contributed by atoms with Crippen LogP contribution >= 0.6 is 0 Å². The lowest BCUT2D eigenvalue weighted by Gasteiger charge is -1.96. The number of halogens is 1. The van der Waals surface area contributed by atoms with E-state index < -0.39 is 17.1 Å². The molecule has 3 rings (SSSR count). The summed E-state index contributed by atoms with van der Waals surface area (Å²) in [6.45, 7) is 0. The molecule has 0 aliphatic rings. The van der Waals surface area contributed by atoms with Crippen molar-refractivity contribution >= 4 is 11.2 Å². The zero-order chi connectivity index (χ0) is 12.7. The molecular formula is C11H7FN4O2. The number of rotatable bonds is 1. The molecule has 0 fully saturated rings. The topological polar surface area (TPSA) is 94.4 Å². The summed E-state index contributed by atoms with van der Waals surface area (Å²) in [5.41, 5.74) is -0.813. The van der Waals surface area contributed by atoms with E-state index in [4.69, 9.17) is 0 Å². The molecule has 0 spiro atoms. The van der Waals surface area contributed by atoms with Gasteiger partial charge in [-0.25, -0.2) is 14.2 Å². The number of aromatic nitrogens is 4. The van der Waals surface area contributed by atoms with Gasteiger partial charge in [0, 0.05) is 0 Å². The normalized spacial score (nSPS) is 10.9. The minimum absolute atomic E-state index is 0.0991. The molecule has 90 valence electrons. The van der Waals surface area contributed by atoms with Gasteiger partial charge in [-0.05, 0) is 12.1 Å². The molecule has 18 heavy (non-hydrogen) atoms. The third-order valence-corrected chi connectivity index (χ3v) is 2.52. The maximum Gasteiger partial charge on any atom is 0.327 e. The number of nitrogens with one attached hydrogen (secondary N) is 3. The first kappa shape index (κ1) is 10.5. The number of aromatic amines is 3. The number of hydrogen-bond donors (Lipinski definition) is 3. The van der Waals surface area contributed by atoms with Gasteiger partial charge in [0.15, 0.2) is 5.65 Å². The largest absolute Gasteiger partial charge is 0.332 e. The van der Waals surface area contributed by atoms with Gasteiger partial charge in [-0.1, -0.05) is 12.1 Å². The van der Waals surface area contributed by atoms with Crippen LogP contribution in [0.4, 0.5) is 4.39 Å². The van der Waals surface area contributed by atoms with E-state index in [9.17, 15) is 14.0 Å². The molecule has 0 bridgehead atoms. The minimum Gasteiger partial charge on any atom is -0.332 e. The van der Waals surface area contributed by atoms with Gasteiger partial charge in [-0.15, -0.1) is 0 Å². The van der Waals surface area contributed by atoms with Crippen LogP contribution in [0.5, 0.6) is 0 Å². The Morgan fingerprint density at radius 1 is 1.06 bits per heavy atom. The van der Waals surface area contributed by atoms with Gasteiger partial charge in [-0.3, -0.25) is 14.8 Å². The Hall–Kier alpha value is -2.70. The summed E-state index contributed by atoms with van der Waals surface area (Å²) in [6.07, 6.45) is 0. The molecule has 3 N–H and O–H groups in total. The molecule has 0 saturated heterocycles. The zero-order valence-electron chi connectivity index (χ0n) is 8.95. The second-order valence-corrected chi connectivity index (χ2v) is 3.70. The van der Waals surface area contributed by atoms with Crippen LogP contribution in [0.3, 0.4) is 0 Å². The summed E-state index contributed by atoms with van der Waals surface area (Å²) in [5.74, 6) is -0.272. The van der Waals surface area contributed by atoms with Gasteiger partial charge >= 0.3 is 5.69 Å². The summed E-state index contributed by atoms with van der Waals surface area (Å²) in [7, 11) is 0. The third kappa shape index (κ3) is 1.53. The maximum atomic E-state index is 13.6. The summed E-state index contributed by atoms with van der Waals surface area (Å²) in [5, 5.41) is 0. The Kier molecular flexibility index (Phi) is 2.12. The fourth-order valence-corrected chi connectivity index (χ4v) is 1.71. The van der Waals surface area contributed by atoms with Crippen LogP contribution in [0.25, 0.3) is 22.6 Å². The molecule has 1 aromatic carbocycles. The molecule has 0 aliphatic heterocycles. The van der Waals surface area contributed by atoms with Crippen LogP contribution < -0.4 is 11.2 Å². The van der Waals surface area contributed by atoms with Gasteiger partial charge in [0.1, 0.15) is 17.2 Å². The molecule has 0 saturated carbocycles. The Labute approximate surface area is 98.5 Å². The monoisotopic (exact) mass is 246 g/mol. The van der Waals surface area contributed by atoms with Crippen molar-refractivity contribution < 1.29 is 4.39 Å². The Morgan fingerprint density at radius 2 is 1.83 bits per heavy atom. The van der Waals surface area contributed by atoms with Gasteiger partial charge in [0.25, 0.3) is 5.56 Å². The number of H-pyrrole nitrogens is 3. The van der Waals surface area contributed by atoms with Gasteiger partial charge < -0.3 is 4.98 Å². The van der Waals surface area contributed by atoms with E-state index in [2.05, 4.69) is 19.9 Å². The number of benzene rings is 1. The van der Waals surface area contributed by atoms with Crippen LogP contribution in [-0.4, -0.2) is 19.9 Å². The van der Waals surface area contributed by atoms with E-state index in [1.165, 1.54) is 12.1 Å². The highest BCUT2D eigenvalue weighted by molar-refractivity contribution is 5.74. The van der Waals surface area contributed by atoms with Crippen molar-refractivity contribution in [2.45, 2.75) is 0 Å². The van der Waals surface area contributed by atoms with E-state index in [1.54, 1.807) is 12.1 Å². The number of fused-ring (bicyclic) bond motifs is 1. The number of hydrogen-bond acceptors (Lipinski definition) is 3. The van der Waals surface area contributed by atoms with E-state index in [-0.39, 0.29) is 22.6 Å². The Balaban J connectivity index is 2.33. The van der Waals surface area contributed by atoms with Crippen molar-refractivity contribution in [2.75, 3.05) is 0 Å². The first-order valence-corrected chi connectivity index (χ1v) is 5.12. The summed E-state index contributed by atoms with van der Waals surface area (Å²) < 4.78 is 13.6. The lowest BCUT2D eigenvalue weighted by atomic mass is 10.2. The molecule has 7 heteroatoms. The second kappa shape index (κ2) is 3.66. The van der Waals surface area contributed by atoms with Crippen molar-refractivity contribution in [2.24, 2.45) is 0 Å². The van der Waals surface area contributed by atoms with Crippen LogP contribution in [0, 0.1) is 5.82 Å². The highest BCUT2D eigenvalue weighted by Crippen LogP contribution is 2.20. The Morgan fingerprint density at radius 3 is 2.61 bits per heavy atom. The van der Waals surface area contributed by atoms with E-state index >= 15 is 0 Å². The predicted molar refractivity (Wildman–Crippen MR) is 62.7 cm³/mol. The summed E-state index contributed by atoms with van der Waals surface area (Å²) >= 11 is 0. The second-order valence-electron chi connectivity index (χ2n) is 3.70. The zero-order valence-corrected chi connectivity index (χ0v) is 8.95. The third-order valence-electron chi connectivity index (χ3n) is 2.52. The molecule has 2 heterocycles. The number of imidazole rings is 1. The first-order valence-electron chi connectivity index (χ1n) is 5.12. The molecule has 0 aliphatic carbocycles. The fourth-order valence-electron chi connectivity index (χ4n) is 1.71. The van der Waals surface area contributed by atoms with Gasteiger partial charge in [0.2, 0.25) is 0 Å². The van der Waals surface area contributed by atoms with Crippen LogP contribution in [-0.2, 0) is 0 Å². The highest BCUT2D eigenvalue weighted by atomic mass is 19.1. The smallest absolute Gasteiger partial charge is 0.327 e. The van der Waals surface area contributed by atoms with E-state index in [1.807, 2.05) is 0 Å². The lowest BCUT2D eigenvalue weighted by Crippen LogP contribution is -2.21. The predicted octanol–water partition coefficient (Wildman–Crippen LogP) is 0.746. The molecule has 6 nitrogen and oxygen atoms in total. The van der Waals surface area contributed by atoms with E-state index in [0.717, 1.165) is 0 Å². The van der Waals surface area contributed by atoms with Crippen molar-refractivity contribution in [1.29, 1.82) is 0 Å². The molecule has 0 radical (unpaired) electrons. The summed E-state index contributed by atoms with van der Waals surface area (Å²) in [4.78, 5) is 33.7. The number of nitrogens with zero attached hydrogens (tertiary/aromatic N) is 1. The molecule has 0 amide bonds. The van der Waals surface area contributed by atoms with Gasteiger partial charge in [0.05, 0.1) is 5.56 Å². The molecular weight excluding hydrogens is 239 g/mol. The van der Waals surface area contributed by atoms with E-state index in [0.29, 0.717) is 0 Å². The van der Waals surface area contributed by atoms with Crippen molar-refractivity contribution in [3.8, 4) is 11.4 Å².